The quantitative estimate of drug-likeness (QED) is 0.798. The summed E-state index contributed by atoms with van der Waals surface area (Å²) in [4.78, 5) is 1.29. The molecule has 0 saturated carbocycles. The Labute approximate surface area is 149 Å². The Morgan fingerprint density at radius 1 is 1.12 bits per heavy atom. The highest BCUT2D eigenvalue weighted by Gasteiger charge is 2.39. The van der Waals surface area contributed by atoms with Gasteiger partial charge in [0.25, 0.3) is 10.0 Å². The fourth-order valence-corrected chi connectivity index (χ4v) is 5.52. The van der Waals surface area contributed by atoms with E-state index in [1.54, 1.807) is 12.1 Å². The van der Waals surface area contributed by atoms with Gasteiger partial charge in [0.2, 0.25) is 0 Å². The Hall–Kier alpha value is -1.48. The maximum atomic E-state index is 12.2. The van der Waals surface area contributed by atoms with Crippen LogP contribution in [0.4, 0.5) is 0 Å². The second-order valence-electron chi connectivity index (χ2n) is 5.33. The number of hydrogen-bond donors (Lipinski definition) is 2. The third-order valence-electron chi connectivity index (χ3n) is 3.46. The summed E-state index contributed by atoms with van der Waals surface area (Å²) < 4.78 is 24.9. The fourth-order valence-electron chi connectivity index (χ4n) is 2.13. The van der Waals surface area contributed by atoms with Crippen molar-refractivity contribution in [3.8, 4) is 0 Å². The fraction of sp³-hybridized carbons (Fsp3) is 0.188. The predicted molar refractivity (Wildman–Crippen MR) is 99.3 cm³/mol. The first kappa shape index (κ1) is 17.3. The second-order valence-corrected chi connectivity index (χ2v) is 9.48. The first-order valence-corrected chi connectivity index (χ1v) is 10.4. The number of benzene rings is 2. The zero-order chi connectivity index (χ0) is 17.2. The van der Waals surface area contributed by atoms with Gasteiger partial charge in [-0.25, -0.2) is 0 Å². The molecule has 0 amide bonds. The van der Waals surface area contributed by atoms with Gasteiger partial charge in [-0.15, -0.1) is 0 Å². The van der Waals surface area contributed by atoms with Gasteiger partial charge < -0.3 is 5.11 Å². The van der Waals surface area contributed by atoms with Crippen LogP contribution in [0.1, 0.15) is 11.1 Å². The number of rotatable bonds is 4. The van der Waals surface area contributed by atoms with Crippen molar-refractivity contribution in [2.75, 3.05) is 5.75 Å². The first-order chi connectivity index (χ1) is 11.4. The summed E-state index contributed by atoms with van der Waals surface area (Å²) in [5.74, 6) is 0.409. The van der Waals surface area contributed by atoms with Gasteiger partial charge in [0.1, 0.15) is 0 Å². The molecule has 0 radical (unpaired) electrons. The van der Waals surface area contributed by atoms with Crippen LogP contribution in [0.2, 0.25) is 0 Å². The van der Waals surface area contributed by atoms with Crippen molar-refractivity contribution in [3.63, 3.8) is 0 Å². The molecule has 0 aromatic heterocycles. The Morgan fingerprint density at radius 3 is 2.46 bits per heavy atom. The lowest BCUT2D eigenvalue weighted by atomic mass is 10.1. The van der Waals surface area contributed by atoms with E-state index in [1.165, 1.54) is 23.9 Å². The van der Waals surface area contributed by atoms with E-state index >= 15 is 0 Å². The number of nitrogens with zero attached hydrogens (tertiary/aromatic N) is 1. The maximum absolute atomic E-state index is 12.2. The molecule has 0 bridgehead atoms. The van der Waals surface area contributed by atoms with Crippen molar-refractivity contribution in [3.05, 3.63) is 65.7 Å². The largest absolute Gasteiger partial charge is 0.374 e. The molecule has 3 rings (SSSR count). The second kappa shape index (κ2) is 6.79. The Balaban J connectivity index is 1.73. The van der Waals surface area contributed by atoms with Gasteiger partial charge in [-0.05, 0) is 24.6 Å². The van der Waals surface area contributed by atoms with Gasteiger partial charge in [0.05, 0.1) is 4.90 Å². The molecule has 8 heteroatoms. The number of sulfonamides is 1. The minimum absolute atomic E-state index is 0.156. The molecule has 2 aromatic rings. The van der Waals surface area contributed by atoms with E-state index in [2.05, 4.69) is 9.93 Å². The third-order valence-corrected chi connectivity index (χ3v) is 7.36. The molecule has 1 heterocycles. The molecule has 1 unspecified atom stereocenters. The highest BCUT2D eigenvalue weighted by molar-refractivity contribution is 8.41. The standard InChI is InChI=1S/C16H16N2O3S3/c1-12-7-9-14(10-8-12)24(20,21)18-17-15-22-11-16(19,23-15)13-5-3-2-4-6-13/h2-10,18-19H,11H2,1H3/b17-15-. The average molecular weight is 381 g/mol. The summed E-state index contributed by atoms with van der Waals surface area (Å²) in [6, 6.07) is 15.8. The minimum atomic E-state index is -3.71. The minimum Gasteiger partial charge on any atom is -0.374 e. The van der Waals surface area contributed by atoms with Crippen LogP contribution in [0, 0.1) is 6.92 Å². The van der Waals surface area contributed by atoms with Gasteiger partial charge in [0.15, 0.2) is 9.31 Å². The lowest BCUT2D eigenvalue weighted by Gasteiger charge is -2.19. The van der Waals surface area contributed by atoms with Crippen molar-refractivity contribution in [1.29, 1.82) is 0 Å². The molecular weight excluding hydrogens is 364 g/mol. The van der Waals surface area contributed by atoms with Gasteiger partial charge >= 0.3 is 0 Å². The van der Waals surface area contributed by atoms with Crippen LogP contribution in [0.5, 0.6) is 0 Å². The van der Waals surface area contributed by atoms with Gasteiger partial charge in [-0.3, -0.25) is 0 Å². The van der Waals surface area contributed by atoms with Crippen molar-refractivity contribution in [2.45, 2.75) is 16.8 Å². The zero-order valence-corrected chi connectivity index (χ0v) is 15.3. The van der Waals surface area contributed by atoms with Crippen LogP contribution in [0.25, 0.3) is 0 Å². The molecule has 1 aliphatic rings. The van der Waals surface area contributed by atoms with Gasteiger partial charge in [-0.1, -0.05) is 71.6 Å². The summed E-state index contributed by atoms with van der Waals surface area (Å²) in [6.45, 7) is 1.89. The molecule has 5 nitrogen and oxygen atoms in total. The smallest absolute Gasteiger partial charge is 0.276 e. The van der Waals surface area contributed by atoms with E-state index in [0.717, 1.165) is 22.9 Å². The number of aliphatic hydroxyl groups is 1. The van der Waals surface area contributed by atoms with E-state index in [4.69, 9.17) is 0 Å². The molecule has 1 saturated heterocycles. The van der Waals surface area contributed by atoms with Crippen LogP contribution >= 0.6 is 23.5 Å². The number of aryl methyl sites for hydroxylation is 1. The van der Waals surface area contributed by atoms with Crippen LogP contribution in [0.3, 0.4) is 0 Å². The number of nitrogens with one attached hydrogen (secondary N) is 1. The first-order valence-electron chi connectivity index (χ1n) is 7.15. The molecule has 24 heavy (non-hydrogen) atoms. The van der Waals surface area contributed by atoms with Crippen molar-refractivity contribution >= 4 is 37.9 Å². The number of hydrogen-bond acceptors (Lipinski definition) is 6. The van der Waals surface area contributed by atoms with Crippen LogP contribution < -0.4 is 4.83 Å². The summed E-state index contributed by atoms with van der Waals surface area (Å²) in [7, 11) is -3.71. The SMILES string of the molecule is Cc1ccc(S(=O)(=O)N/N=C2/SCC(O)(c3ccccc3)S2)cc1. The maximum Gasteiger partial charge on any atom is 0.276 e. The van der Waals surface area contributed by atoms with Gasteiger partial charge in [0, 0.05) is 5.75 Å². The molecule has 0 aliphatic carbocycles. The summed E-state index contributed by atoms with van der Waals surface area (Å²) >= 11 is 2.46. The molecule has 2 N–H and O–H groups in total. The Kier molecular flexibility index (Phi) is 4.91. The molecule has 2 aromatic carbocycles. The summed E-state index contributed by atoms with van der Waals surface area (Å²) in [5.41, 5.74) is 1.75. The molecule has 1 fully saturated rings. The average Bonchev–Trinajstić information content (AvgIpc) is 2.97. The number of thioether (sulfide) groups is 2. The van der Waals surface area contributed by atoms with Crippen molar-refractivity contribution < 1.29 is 13.5 Å². The zero-order valence-electron chi connectivity index (χ0n) is 12.8. The van der Waals surface area contributed by atoms with Gasteiger partial charge in [-0.2, -0.15) is 18.4 Å². The number of hydrazone groups is 1. The lowest BCUT2D eigenvalue weighted by Crippen LogP contribution is -2.21. The Morgan fingerprint density at radius 2 is 1.79 bits per heavy atom. The lowest BCUT2D eigenvalue weighted by molar-refractivity contribution is 0.167. The van der Waals surface area contributed by atoms with Crippen molar-refractivity contribution in [2.24, 2.45) is 5.10 Å². The van der Waals surface area contributed by atoms with E-state index in [-0.39, 0.29) is 4.90 Å². The van der Waals surface area contributed by atoms with Crippen LogP contribution in [-0.4, -0.2) is 23.7 Å². The normalized spacial score (nSPS) is 22.7. The van der Waals surface area contributed by atoms with E-state index in [1.807, 2.05) is 37.3 Å². The monoisotopic (exact) mass is 380 g/mol. The van der Waals surface area contributed by atoms with Crippen LogP contribution in [0.15, 0.2) is 64.6 Å². The summed E-state index contributed by atoms with van der Waals surface area (Å²) in [6.07, 6.45) is 0. The topological polar surface area (TPSA) is 78.8 Å². The van der Waals surface area contributed by atoms with E-state index < -0.39 is 15.0 Å². The Bertz CT molecular complexity index is 852. The molecule has 0 spiro atoms. The van der Waals surface area contributed by atoms with E-state index in [9.17, 15) is 13.5 Å². The third kappa shape index (κ3) is 3.77. The highest BCUT2D eigenvalue weighted by atomic mass is 32.2. The molecule has 1 atom stereocenters. The van der Waals surface area contributed by atoms with E-state index in [0.29, 0.717) is 10.1 Å². The molecule has 1 aliphatic heterocycles. The summed E-state index contributed by atoms with van der Waals surface area (Å²) in [5, 5.41) is 14.7. The molecule has 126 valence electrons. The molecular formula is C16H16N2O3S3. The van der Waals surface area contributed by atoms with Crippen molar-refractivity contribution in [1.82, 2.24) is 4.83 Å². The predicted octanol–water partition coefficient (Wildman–Crippen LogP) is 2.87. The highest BCUT2D eigenvalue weighted by Crippen LogP contribution is 2.46. The van der Waals surface area contributed by atoms with Crippen LogP contribution in [-0.2, 0) is 15.0 Å².